The Hall–Kier alpha value is 1.01. The maximum absolute atomic E-state index is 12.3. The molecule has 0 fully saturated rings. The normalized spacial score (nSPS) is 9.53. The molecule has 0 saturated heterocycles. The Balaban J connectivity index is 0. The molecule has 5 nitrogen and oxygen atoms in total. The summed E-state index contributed by atoms with van der Waals surface area (Å²) in [5.74, 6) is 0. The number of alkyl halides is 1. The Labute approximate surface area is 388 Å². The van der Waals surface area contributed by atoms with Gasteiger partial charge in [0.25, 0.3) is 0 Å². The van der Waals surface area contributed by atoms with Crippen molar-refractivity contribution in [1.29, 1.82) is 0 Å². The SMILES string of the molecule is CCN(Cc1cc(C)ccc1Br)C(=O)NCc1ccccc1.CCNCc1cc(C)ccc1Br.CI.Cc1ccc(Br)c(C=O)c1.Cl.[I][V]([I])[I]. The van der Waals surface area contributed by atoms with Crippen LogP contribution in [0.4, 0.5) is 4.79 Å². The van der Waals surface area contributed by atoms with Crippen LogP contribution < -0.4 is 10.6 Å². The van der Waals surface area contributed by atoms with Gasteiger partial charge in [-0.15, -0.1) is 12.4 Å². The molecule has 4 aromatic rings. The Morgan fingerprint density at radius 1 is 0.745 bits per heavy atom. The van der Waals surface area contributed by atoms with Crippen LogP contribution in [0.15, 0.2) is 98.3 Å². The van der Waals surface area contributed by atoms with E-state index in [4.69, 9.17) is 0 Å². The predicted octanol–water partition coefficient (Wildman–Crippen LogP) is 14.1. The first-order valence-electron chi connectivity index (χ1n) is 15.4. The first-order valence-corrected chi connectivity index (χ1v) is 33.5. The van der Waals surface area contributed by atoms with Gasteiger partial charge in [-0.2, -0.15) is 0 Å². The average Bonchev–Trinajstić information content (AvgIpc) is 3.10. The standard InChI is InChI=1S/C18H21BrN2O.C10H14BrN.C8H7BrO.CH3I.ClH.3HI.V/c1-3-21(13-16-11-14(2)9-10-17(16)19)18(22)20-12-15-7-5-4-6-8-15;1-3-12-7-9-6-8(2)4-5-10(9)11;1-6-2-3-8(9)7(4-6)5-10;1-2;;;;;/h4-11H,3,12-13H2,1-2H3,(H,20,22);4-6,12H,3,7H2,1-2H3;2-5H,1H3;1H3;4*1H;/q;;;;;;;;+3/p-3. The van der Waals surface area contributed by atoms with Gasteiger partial charge in [0.2, 0.25) is 0 Å². The van der Waals surface area contributed by atoms with E-state index in [0.29, 0.717) is 25.2 Å². The fraction of sp³-hybridized carbons (Fsp3) is 0.297. The molecule has 0 aliphatic carbocycles. The predicted molar refractivity (Wildman–Crippen MR) is 263 cm³/mol. The Bertz CT molecular complexity index is 1560. The van der Waals surface area contributed by atoms with Crippen molar-refractivity contribution in [3.05, 3.63) is 137 Å². The van der Waals surface area contributed by atoms with Crippen LogP contribution in [0.25, 0.3) is 0 Å². The van der Waals surface area contributed by atoms with E-state index in [1.165, 1.54) is 21.2 Å². The Morgan fingerprint density at radius 3 is 1.69 bits per heavy atom. The summed E-state index contributed by atoms with van der Waals surface area (Å²) in [6, 6.07) is 28.2. The van der Waals surface area contributed by atoms with Crippen LogP contribution in [0.1, 0.15) is 57.6 Å². The van der Waals surface area contributed by atoms with Crippen LogP contribution >= 0.6 is 143 Å². The summed E-state index contributed by atoms with van der Waals surface area (Å²) in [7, 11) is 0. The average molecular weight is 1400 g/mol. The van der Waals surface area contributed by atoms with Gasteiger partial charge in [-0.05, 0) is 80.1 Å². The second-order valence-corrected chi connectivity index (χ2v) is 48.4. The van der Waals surface area contributed by atoms with E-state index in [1.54, 1.807) is 0 Å². The third-order valence-electron chi connectivity index (χ3n) is 6.56. The number of nitrogens with zero attached hydrogens (tertiary/aromatic N) is 1. The van der Waals surface area contributed by atoms with E-state index in [-0.39, 0.29) is 23.4 Å². The van der Waals surface area contributed by atoms with E-state index in [1.807, 2.05) is 78.3 Å². The molecule has 0 saturated carbocycles. The number of carbonyl (C=O) groups excluding carboxylic acids is 2. The quantitative estimate of drug-likeness (QED) is 0.0997. The molecule has 0 spiro atoms. The molecule has 0 aliphatic heterocycles. The number of hydrogen-bond donors (Lipinski definition) is 2. The summed E-state index contributed by atoms with van der Waals surface area (Å²) < 4.78 is 3.08. The van der Waals surface area contributed by atoms with Crippen LogP contribution in [0.3, 0.4) is 0 Å². The third-order valence-corrected chi connectivity index (χ3v) is 8.83. The molecule has 4 rings (SSSR count). The molecule has 4 aromatic carbocycles. The zero-order chi connectivity index (χ0) is 38.1. The number of rotatable bonds is 9. The van der Waals surface area contributed by atoms with Crippen LogP contribution in [0, 0.1) is 20.8 Å². The topological polar surface area (TPSA) is 61.4 Å². The molecule has 0 bridgehead atoms. The van der Waals surface area contributed by atoms with Crippen molar-refractivity contribution in [1.82, 2.24) is 15.5 Å². The van der Waals surface area contributed by atoms with Gasteiger partial charge in [0.15, 0.2) is 6.29 Å². The number of urea groups is 1. The minimum absolute atomic E-state index is 0. The first-order chi connectivity index (χ1) is 23.8. The Kier molecular flexibility index (Phi) is 35.2. The summed E-state index contributed by atoms with van der Waals surface area (Å²) in [5, 5.41) is 6.28. The van der Waals surface area contributed by atoms with Crippen molar-refractivity contribution in [2.24, 2.45) is 0 Å². The number of hydrogen-bond acceptors (Lipinski definition) is 3. The molecule has 0 aromatic heterocycles. The van der Waals surface area contributed by atoms with E-state index >= 15 is 0 Å². The zero-order valence-electron chi connectivity index (χ0n) is 29.5. The monoisotopic (exact) mass is 1390 g/mol. The molecule has 0 atom stereocenters. The molecular weight excluding hydrogens is 1350 g/mol. The van der Waals surface area contributed by atoms with Crippen molar-refractivity contribution in [2.75, 3.05) is 18.0 Å². The third kappa shape index (κ3) is 25.7. The number of aryl methyl sites for hydroxylation is 3. The van der Waals surface area contributed by atoms with Crippen molar-refractivity contribution in [3.63, 3.8) is 0 Å². The molecule has 14 heteroatoms. The van der Waals surface area contributed by atoms with E-state index in [2.05, 4.69) is 192 Å². The van der Waals surface area contributed by atoms with Crippen molar-refractivity contribution in [2.45, 2.75) is 54.3 Å². The van der Waals surface area contributed by atoms with Crippen molar-refractivity contribution in [3.8, 4) is 0 Å². The van der Waals surface area contributed by atoms with E-state index < -0.39 is 0 Å². The molecule has 2 N–H and O–H groups in total. The van der Waals surface area contributed by atoms with Gasteiger partial charge in [0, 0.05) is 45.2 Å². The number of nitrogens with one attached hydrogen (secondary N) is 2. The van der Waals surface area contributed by atoms with Gasteiger partial charge in [0.1, 0.15) is 0 Å². The summed E-state index contributed by atoms with van der Waals surface area (Å²) in [6.07, 6.45) is 0.844. The summed E-state index contributed by atoms with van der Waals surface area (Å²) >= 11 is 19.9. The van der Waals surface area contributed by atoms with Gasteiger partial charge < -0.3 is 15.5 Å². The number of amides is 2. The van der Waals surface area contributed by atoms with Crippen LogP contribution in [0.5, 0.6) is 0 Å². The molecule has 0 heterocycles. The van der Waals surface area contributed by atoms with Crippen LogP contribution in [0.2, 0.25) is 0 Å². The molecule has 282 valence electrons. The van der Waals surface area contributed by atoms with Crippen molar-refractivity contribution < 1.29 is 14.5 Å². The fourth-order valence-electron chi connectivity index (χ4n) is 4.10. The van der Waals surface area contributed by atoms with Crippen molar-refractivity contribution >= 4 is 155 Å². The summed E-state index contributed by atoms with van der Waals surface area (Å²) in [4.78, 5) is 26.2. The van der Waals surface area contributed by atoms with Gasteiger partial charge in [-0.25, -0.2) is 4.79 Å². The molecular formula is C37H46Br3ClI4N3O2V. The molecule has 0 aliphatic rings. The number of benzene rings is 4. The number of carbonyl (C=O) groups is 2. The first kappa shape index (κ1) is 54.1. The zero-order valence-corrected chi connectivity index (χ0v) is 45.1. The molecule has 51 heavy (non-hydrogen) atoms. The van der Waals surface area contributed by atoms with Crippen LogP contribution in [-0.4, -0.2) is 35.2 Å². The minimum atomic E-state index is -0.278. The van der Waals surface area contributed by atoms with Gasteiger partial charge >= 0.3 is 70.9 Å². The second kappa shape index (κ2) is 33.2. The van der Waals surface area contributed by atoms with Gasteiger partial charge in [0.05, 0.1) is 0 Å². The van der Waals surface area contributed by atoms with E-state index in [0.717, 1.165) is 45.0 Å². The fourth-order valence-corrected chi connectivity index (χ4v) is 5.19. The maximum atomic E-state index is 12.3. The molecule has 2 amide bonds. The summed E-state index contributed by atoms with van der Waals surface area (Å²) in [6.45, 7) is 14.0. The Morgan fingerprint density at radius 2 is 1.22 bits per heavy atom. The summed E-state index contributed by atoms with van der Waals surface area (Å²) in [5.41, 5.74) is 7.87. The van der Waals surface area contributed by atoms with E-state index in [9.17, 15) is 9.59 Å². The molecule has 0 radical (unpaired) electrons. The number of halogens is 8. The molecule has 0 unspecified atom stereocenters. The number of aldehydes is 1. The second-order valence-electron chi connectivity index (χ2n) is 10.5. The van der Waals surface area contributed by atoms with Gasteiger partial charge in [-0.3, -0.25) is 4.79 Å². The van der Waals surface area contributed by atoms with Crippen LogP contribution in [-0.2, 0) is 24.6 Å². The van der Waals surface area contributed by atoms with Gasteiger partial charge in [-0.1, -0.05) is 155 Å².